The lowest BCUT2D eigenvalue weighted by Crippen LogP contribution is -2.26. The van der Waals surface area contributed by atoms with E-state index in [9.17, 15) is 14.9 Å². The van der Waals surface area contributed by atoms with Gasteiger partial charge in [-0.2, -0.15) is 5.10 Å². The molecular formula is C21H23N5O3. The Morgan fingerprint density at radius 2 is 1.90 bits per heavy atom. The molecule has 1 amide bonds. The zero-order valence-electron chi connectivity index (χ0n) is 16.2. The van der Waals surface area contributed by atoms with Gasteiger partial charge in [-0.1, -0.05) is 18.2 Å². The molecule has 1 heterocycles. The third kappa shape index (κ3) is 5.65. The minimum atomic E-state index is -0.429. The van der Waals surface area contributed by atoms with E-state index < -0.39 is 4.92 Å². The smallest absolute Gasteiger partial charge is 0.269 e. The normalized spacial score (nSPS) is 10.5. The second-order valence-electron chi connectivity index (χ2n) is 6.71. The average Bonchev–Trinajstić information content (AvgIpc) is 3.20. The Balaban J connectivity index is 1.41. The van der Waals surface area contributed by atoms with Crippen LogP contribution in [0.4, 0.5) is 11.4 Å². The lowest BCUT2D eigenvalue weighted by atomic mass is 10.2. The number of nitro benzene ring substituents is 1. The van der Waals surface area contributed by atoms with Crippen molar-refractivity contribution in [3.8, 4) is 5.69 Å². The van der Waals surface area contributed by atoms with Crippen molar-refractivity contribution in [1.82, 2.24) is 14.7 Å². The van der Waals surface area contributed by atoms with Crippen molar-refractivity contribution < 1.29 is 9.72 Å². The first-order chi connectivity index (χ1) is 14.0. The molecule has 0 aliphatic rings. The predicted octanol–water partition coefficient (Wildman–Crippen LogP) is 3.63. The van der Waals surface area contributed by atoms with Crippen LogP contribution in [0, 0.1) is 10.1 Å². The molecule has 150 valence electrons. The number of benzene rings is 2. The maximum atomic E-state index is 12.4. The number of amides is 1. The summed E-state index contributed by atoms with van der Waals surface area (Å²) in [7, 11) is 1.78. The molecular weight excluding hydrogens is 370 g/mol. The Bertz CT molecular complexity index is 954. The molecule has 0 bridgehead atoms. The van der Waals surface area contributed by atoms with E-state index in [1.54, 1.807) is 35.0 Å². The standard InChI is InChI=1S/C21H23N5O3/c1-24(15-17-14-23-25(16-17)19-6-3-2-4-7-19)21(27)8-5-13-22-18-9-11-20(12-10-18)26(28)29/h2-4,6-7,9-12,14,16,22H,5,8,13,15H2,1H3. The first kappa shape index (κ1) is 20.1. The molecule has 0 spiro atoms. The minimum absolute atomic E-state index is 0.0583. The maximum absolute atomic E-state index is 12.4. The Labute approximate surface area is 168 Å². The monoisotopic (exact) mass is 393 g/mol. The molecule has 0 aliphatic carbocycles. The lowest BCUT2D eigenvalue weighted by molar-refractivity contribution is -0.384. The number of para-hydroxylation sites is 1. The Morgan fingerprint density at radius 1 is 1.17 bits per heavy atom. The minimum Gasteiger partial charge on any atom is -0.385 e. The number of rotatable bonds is 9. The van der Waals surface area contributed by atoms with Crippen molar-refractivity contribution in [3.05, 3.63) is 82.7 Å². The van der Waals surface area contributed by atoms with E-state index in [0.29, 0.717) is 25.9 Å². The van der Waals surface area contributed by atoms with Crippen molar-refractivity contribution in [2.24, 2.45) is 0 Å². The van der Waals surface area contributed by atoms with Gasteiger partial charge < -0.3 is 10.2 Å². The molecule has 0 fully saturated rings. The Morgan fingerprint density at radius 3 is 2.59 bits per heavy atom. The van der Waals surface area contributed by atoms with Crippen LogP contribution < -0.4 is 5.32 Å². The van der Waals surface area contributed by atoms with E-state index in [-0.39, 0.29) is 11.6 Å². The molecule has 2 aromatic carbocycles. The van der Waals surface area contributed by atoms with Gasteiger partial charge in [0.1, 0.15) is 0 Å². The number of nitrogens with one attached hydrogen (secondary N) is 1. The summed E-state index contributed by atoms with van der Waals surface area (Å²) in [6, 6.07) is 16.1. The van der Waals surface area contributed by atoms with Crippen LogP contribution in [0.5, 0.6) is 0 Å². The average molecular weight is 393 g/mol. The molecule has 3 aromatic rings. The molecule has 0 saturated carbocycles. The van der Waals surface area contributed by atoms with E-state index >= 15 is 0 Å². The number of aromatic nitrogens is 2. The van der Waals surface area contributed by atoms with Gasteiger partial charge in [0.2, 0.25) is 5.91 Å². The topological polar surface area (TPSA) is 93.3 Å². The number of carbonyl (C=O) groups is 1. The van der Waals surface area contributed by atoms with Crippen LogP contribution in [0.1, 0.15) is 18.4 Å². The quantitative estimate of drug-likeness (QED) is 0.340. The third-order valence-electron chi connectivity index (χ3n) is 4.48. The van der Waals surface area contributed by atoms with Crippen LogP contribution in [0.15, 0.2) is 67.0 Å². The van der Waals surface area contributed by atoms with Gasteiger partial charge in [0.15, 0.2) is 0 Å². The van der Waals surface area contributed by atoms with Crippen LogP contribution in [0.25, 0.3) is 5.69 Å². The van der Waals surface area contributed by atoms with Gasteiger partial charge in [0.25, 0.3) is 5.69 Å². The molecule has 0 radical (unpaired) electrons. The van der Waals surface area contributed by atoms with Crippen LogP contribution >= 0.6 is 0 Å². The number of hydrogen-bond donors (Lipinski definition) is 1. The molecule has 1 aromatic heterocycles. The molecule has 3 rings (SSSR count). The molecule has 0 unspecified atom stereocenters. The van der Waals surface area contributed by atoms with Crippen molar-refractivity contribution in [2.45, 2.75) is 19.4 Å². The summed E-state index contributed by atoms with van der Waals surface area (Å²) in [6.07, 6.45) is 4.79. The predicted molar refractivity (Wildman–Crippen MR) is 111 cm³/mol. The van der Waals surface area contributed by atoms with Gasteiger partial charge in [0, 0.05) is 56.1 Å². The Kier molecular flexibility index (Phi) is 6.57. The molecule has 0 atom stereocenters. The first-order valence-electron chi connectivity index (χ1n) is 9.34. The van der Waals surface area contributed by atoms with Crippen molar-refractivity contribution in [2.75, 3.05) is 18.9 Å². The van der Waals surface area contributed by atoms with Gasteiger partial charge in [-0.05, 0) is 30.7 Å². The number of anilines is 1. The fourth-order valence-electron chi connectivity index (χ4n) is 2.89. The van der Waals surface area contributed by atoms with E-state index in [1.807, 2.05) is 36.5 Å². The summed E-state index contributed by atoms with van der Waals surface area (Å²) < 4.78 is 1.79. The van der Waals surface area contributed by atoms with Crippen LogP contribution in [-0.2, 0) is 11.3 Å². The number of hydrogen-bond acceptors (Lipinski definition) is 5. The zero-order chi connectivity index (χ0) is 20.6. The van der Waals surface area contributed by atoms with Crippen molar-refractivity contribution in [3.63, 3.8) is 0 Å². The van der Waals surface area contributed by atoms with E-state index in [0.717, 1.165) is 16.9 Å². The highest BCUT2D eigenvalue weighted by atomic mass is 16.6. The summed E-state index contributed by atoms with van der Waals surface area (Å²) >= 11 is 0. The van der Waals surface area contributed by atoms with Crippen LogP contribution in [-0.4, -0.2) is 39.1 Å². The van der Waals surface area contributed by atoms with Crippen molar-refractivity contribution >= 4 is 17.3 Å². The highest BCUT2D eigenvalue weighted by Crippen LogP contribution is 2.15. The molecule has 1 N–H and O–H groups in total. The van der Waals surface area contributed by atoms with Gasteiger partial charge >= 0.3 is 0 Å². The summed E-state index contributed by atoms with van der Waals surface area (Å²) in [4.78, 5) is 24.3. The van der Waals surface area contributed by atoms with Gasteiger partial charge in [-0.3, -0.25) is 14.9 Å². The summed E-state index contributed by atoms with van der Waals surface area (Å²) in [5, 5.41) is 18.2. The molecule has 8 nitrogen and oxygen atoms in total. The van der Waals surface area contributed by atoms with E-state index in [4.69, 9.17) is 0 Å². The fourth-order valence-corrected chi connectivity index (χ4v) is 2.89. The molecule has 29 heavy (non-hydrogen) atoms. The number of nitrogens with zero attached hydrogens (tertiary/aromatic N) is 4. The summed E-state index contributed by atoms with van der Waals surface area (Å²) in [5.41, 5.74) is 2.80. The zero-order valence-corrected chi connectivity index (χ0v) is 16.2. The van der Waals surface area contributed by atoms with Crippen LogP contribution in [0.2, 0.25) is 0 Å². The molecule has 8 heteroatoms. The maximum Gasteiger partial charge on any atom is 0.269 e. The highest BCUT2D eigenvalue weighted by Gasteiger charge is 2.11. The largest absolute Gasteiger partial charge is 0.385 e. The molecule has 0 aliphatic heterocycles. The number of nitro groups is 1. The highest BCUT2D eigenvalue weighted by molar-refractivity contribution is 5.75. The summed E-state index contributed by atoms with van der Waals surface area (Å²) in [5.74, 6) is 0.0583. The second-order valence-corrected chi connectivity index (χ2v) is 6.71. The number of non-ortho nitro benzene ring substituents is 1. The van der Waals surface area contributed by atoms with Gasteiger partial charge in [-0.25, -0.2) is 4.68 Å². The van der Waals surface area contributed by atoms with E-state index in [1.165, 1.54) is 12.1 Å². The second kappa shape index (κ2) is 9.50. The third-order valence-corrected chi connectivity index (χ3v) is 4.48. The first-order valence-corrected chi connectivity index (χ1v) is 9.34. The molecule has 0 saturated heterocycles. The van der Waals surface area contributed by atoms with Crippen LogP contribution in [0.3, 0.4) is 0 Å². The number of carbonyl (C=O) groups excluding carboxylic acids is 1. The van der Waals surface area contributed by atoms with Gasteiger partial charge in [0.05, 0.1) is 16.8 Å². The lowest BCUT2D eigenvalue weighted by Gasteiger charge is -2.16. The summed E-state index contributed by atoms with van der Waals surface area (Å²) in [6.45, 7) is 1.12. The Hall–Kier alpha value is -3.68. The van der Waals surface area contributed by atoms with E-state index in [2.05, 4.69) is 10.4 Å². The van der Waals surface area contributed by atoms with Gasteiger partial charge in [-0.15, -0.1) is 0 Å². The SMILES string of the molecule is CN(Cc1cnn(-c2ccccc2)c1)C(=O)CCCNc1ccc([N+](=O)[O-])cc1. The van der Waals surface area contributed by atoms with Crippen molar-refractivity contribution in [1.29, 1.82) is 0 Å². The fraction of sp³-hybridized carbons (Fsp3) is 0.238.